The lowest BCUT2D eigenvalue weighted by molar-refractivity contribution is 0.477. The molecule has 0 atom stereocenters. The van der Waals surface area contributed by atoms with E-state index in [-0.39, 0.29) is 0 Å². The first kappa shape index (κ1) is 34.6. The second kappa shape index (κ2) is 14.7. The molecule has 0 N–H and O–H groups in total. The first-order valence-corrected chi connectivity index (χ1v) is 19.1. The van der Waals surface area contributed by atoms with Gasteiger partial charge in [-0.05, 0) is 96.4 Å². The summed E-state index contributed by atoms with van der Waals surface area (Å²) < 4.78 is 6.43. The van der Waals surface area contributed by atoms with Crippen molar-refractivity contribution in [1.82, 2.24) is 49.8 Å². The van der Waals surface area contributed by atoms with E-state index in [1.165, 1.54) is 0 Å². The summed E-state index contributed by atoms with van der Waals surface area (Å²) in [7, 11) is 0. The van der Waals surface area contributed by atoms with Gasteiger partial charge in [0, 0.05) is 64.8 Å². The molecule has 6 aromatic heterocycles. The van der Waals surface area contributed by atoms with Crippen LogP contribution in [0.25, 0.3) is 79.4 Å². The Morgan fingerprint density at radius 1 is 0.367 bits per heavy atom. The van der Waals surface area contributed by atoms with E-state index in [4.69, 9.17) is 34.6 Å². The van der Waals surface area contributed by atoms with Crippen LogP contribution in [0.2, 0.25) is 0 Å². The van der Waals surface area contributed by atoms with Gasteiger partial charge in [0.15, 0.2) is 46.4 Å². The lowest BCUT2D eigenvalue weighted by Gasteiger charge is -2.33. The second-order valence-corrected chi connectivity index (χ2v) is 13.8. The van der Waals surface area contributed by atoms with Crippen LogP contribution in [0, 0.1) is 0 Å². The monoisotopic (exact) mass is 775 g/mol. The van der Waals surface area contributed by atoms with Crippen molar-refractivity contribution in [3.63, 3.8) is 0 Å². The summed E-state index contributed by atoms with van der Waals surface area (Å²) in [6, 6.07) is 45.3. The van der Waals surface area contributed by atoms with E-state index in [0.717, 1.165) is 56.0 Å². The van der Waals surface area contributed by atoms with Gasteiger partial charge >= 0.3 is 0 Å². The number of nitrogens with zero attached hydrogens (tertiary/aromatic N) is 11. The number of fused-ring (bicyclic) bond motifs is 3. The molecule has 0 fully saturated rings. The molecule has 1 aliphatic rings. The smallest absolute Gasteiger partial charge is 0.182 e. The van der Waals surface area contributed by atoms with Crippen molar-refractivity contribution < 1.29 is 4.74 Å². The molecule has 282 valence electrons. The number of rotatable bonds is 7. The fourth-order valence-corrected chi connectivity index (χ4v) is 7.31. The molecule has 0 unspecified atom stereocenters. The molecule has 0 aliphatic carbocycles. The summed E-state index contributed by atoms with van der Waals surface area (Å²) >= 11 is 0. The molecule has 12 nitrogen and oxygen atoms in total. The number of benzene rings is 4. The SMILES string of the molecule is c1ccc(-c2nc(-c3cccnc3)nc(-c3cc(-c4nc(-c5cccnc5)nc(-c5ccccn5)n4)c4cccc(N5c6ccccc6Oc6ccccc65)c4c3)n2)nc1. The van der Waals surface area contributed by atoms with Gasteiger partial charge in [0.2, 0.25) is 0 Å². The van der Waals surface area contributed by atoms with Crippen LogP contribution in [0.15, 0.2) is 177 Å². The van der Waals surface area contributed by atoms with Crippen molar-refractivity contribution in [3.05, 3.63) is 177 Å². The third kappa shape index (κ3) is 6.30. The highest BCUT2D eigenvalue weighted by Gasteiger charge is 2.28. The molecule has 4 aromatic carbocycles. The molecule has 11 rings (SSSR count). The van der Waals surface area contributed by atoms with Gasteiger partial charge in [0.25, 0.3) is 0 Å². The van der Waals surface area contributed by atoms with Crippen molar-refractivity contribution in [3.8, 4) is 80.1 Å². The third-order valence-corrected chi connectivity index (χ3v) is 10.0. The molecule has 0 amide bonds. The molecule has 0 saturated heterocycles. The Morgan fingerprint density at radius 2 is 0.883 bits per heavy atom. The average molecular weight is 776 g/mol. The van der Waals surface area contributed by atoms with Crippen LogP contribution in [-0.2, 0) is 0 Å². The molecule has 10 aromatic rings. The van der Waals surface area contributed by atoms with E-state index in [9.17, 15) is 0 Å². The maximum Gasteiger partial charge on any atom is 0.182 e. The second-order valence-electron chi connectivity index (χ2n) is 13.8. The Morgan fingerprint density at radius 3 is 1.45 bits per heavy atom. The summed E-state index contributed by atoms with van der Waals surface area (Å²) in [5.41, 5.74) is 6.79. The highest BCUT2D eigenvalue weighted by Crippen LogP contribution is 2.52. The number of anilines is 3. The topological polar surface area (TPSA) is 141 Å². The fraction of sp³-hybridized carbons (Fsp3) is 0. The molecule has 12 heteroatoms. The zero-order valence-electron chi connectivity index (χ0n) is 31.6. The van der Waals surface area contributed by atoms with Gasteiger partial charge in [-0.2, -0.15) is 0 Å². The van der Waals surface area contributed by atoms with Crippen molar-refractivity contribution in [1.29, 1.82) is 0 Å². The van der Waals surface area contributed by atoms with Crippen molar-refractivity contribution >= 4 is 27.8 Å². The van der Waals surface area contributed by atoms with Crippen LogP contribution < -0.4 is 9.64 Å². The molecular formula is C48H29N11O. The minimum Gasteiger partial charge on any atom is -0.453 e. The van der Waals surface area contributed by atoms with Gasteiger partial charge in [-0.1, -0.05) is 48.5 Å². The summed E-state index contributed by atoms with van der Waals surface area (Å²) in [5.74, 6) is 4.08. The molecule has 0 spiro atoms. The molecule has 0 bridgehead atoms. The highest BCUT2D eigenvalue weighted by atomic mass is 16.5. The molecule has 1 aliphatic heterocycles. The van der Waals surface area contributed by atoms with Gasteiger partial charge in [0.05, 0.1) is 17.1 Å². The number of aromatic nitrogens is 10. The number of ether oxygens (including phenoxy) is 1. The summed E-state index contributed by atoms with van der Waals surface area (Å²) in [6.07, 6.45) is 10.4. The predicted molar refractivity (Wildman–Crippen MR) is 229 cm³/mol. The van der Waals surface area contributed by atoms with E-state index in [1.807, 2.05) is 109 Å². The van der Waals surface area contributed by atoms with Crippen LogP contribution in [0.4, 0.5) is 17.1 Å². The minimum atomic E-state index is 0.418. The maximum absolute atomic E-state index is 6.43. The van der Waals surface area contributed by atoms with Crippen molar-refractivity contribution in [2.45, 2.75) is 0 Å². The zero-order chi connectivity index (χ0) is 39.8. The van der Waals surface area contributed by atoms with E-state index >= 15 is 0 Å². The Kier molecular flexibility index (Phi) is 8.48. The van der Waals surface area contributed by atoms with Crippen LogP contribution >= 0.6 is 0 Å². The Hall–Kier alpha value is -8.64. The zero-order valence-corrected chi connectivity index (χ0v) is 31.6. The average Bonchev–Trinajstić information content (AvgIpc) is 3.33. The van der Waals surface area contributed by atoms with Gasteiger partial charge in [-0.3, -0.25) is 19.9 Å². The van der Waals surface area contributed by atoms with Crippen LogP contribution in [0.5, 0.6) is 11.5 Å². The summed E-state index contributed by atoms with van der Waals surface area (Å²) in [5, 5.41) is 1.78. The predicted octanol–water partition coefficient (Wildman–Crippen LogP) is 10.4. The largest absolute Gasteiger partial charge is 0.453 e. The summed E-state index contributed by atoms with van der Waals surface area (Å²) in [6.45, 7) is 0. The third-order valence-electron chi connectivity index (χ3n) is 10.0. The van der Waals surface area contributed by atoms with Crippen molar-refractivity contribution in [2.75, 3.05) is 4.90 Å². The van der Waals surface area contributed by atoms with Gasteiger partial charge < -0.3 is 9.64 Å². The van der Waals surface area contributed by atoms with Crippen LogP contribution in [0.1, 0.15) is 0 Å². The van der Waals surface area contributed by atoms with E-state index in [1.54, 1.807) is 37.2 Å². The van der Waals surface area contributed by atoms with E-state index in [2.05, 4.69) is 55.2 Å². The van der Waals surface area contributed by atoms with Crippen LogP contribution in [-0.4, -0.2) is 49.8 Å². The first-order valence-electron chi connectivity index (χ1n) is 19.1. The number of pyridine rings is 4. The molecule has 0 radical (unpaired) electrons. The maximum atomic E-state index is 6.43. The lowest BCUT2D eigenvalue weighted by Crippen LogP contribution is -2.16. The van der Waals surface area contributed by atoms with Gasteiger partial charge in [0.1, 0.15) is 11.4 Å². The normalized spacial score (nSPS) is 11.8. The fourth-order valence-electron chi connectivity index (χ4n) is 7.31. The molecule has 0 saturated carbocycles. The van der Waals surface area contributed by atoms with Crippen molar-refractivity contribution in [2.24, 2.45) is 0 Å². The quantitative estimate of drug-likeness (QED) is 0.152. The van der Waals surface area contributed by atoms with E-state index in [0.29, 0.717) is 51.9 Å². The number of hydrogen-bond donors (Lipinski definition) is 0. The van der Waals surface area contributed by atoms with Gasteiger partial charge in [-0.15, -0.1) is 0 Å². The Labute approximate surface area is 343 Å². The minimum absolute atomic E-state index is 0.418. The molecular weight excluding hydrogens is 747 g/mol. The highest BCUT2D eigenvalue weighted by molar-refractivity contribution is 6.08. The molecule has 7 heterocycles. The Balaban J connectivity index is 1.22. The Bertz CT molecular complexity index is 3030. The first-order chi connectivity index (χ1) is 29.7. The lowest BCUT2D eigenvalue weighted by atomic mass is 9.97. The van der Waals surface area contributed by atoms with E-state index < -0.39 is 0 Å². The summed E-state index contributed by atoms with van der Waals surface area (Å²) in [4.78, 5) is 50.4. The standard InChI is InChI=1S/C48H29N11O/c1-3-20-41-39(17-1)59(40-18-2-4-21-42(40)60-41)38-19-9-14-33-34(38)26-32(45-53-43(30-12-10-22-49-28-30)55-47(57-45)36-15-5-7-24-51-36)27-35(33)46-54-44(31-13-11-23-50-29-31)56-48(58-46)37-16-6-8-25-52-37/h1-29H. The van der Waals surface area contributed by atoms with Gasteiger partial charge in [-0.25, -0.2) is 29.9 Å². The van der Waals surface area contributed by atoms with Crippen LogP contribution in [0.3, 0.4) is 0 Å². The molecule has 60 heavy (non-hydrogen) atoms. The number of para-hydroxylation sites is 4. The number of hydrogen-bond acceptors (Lipinski definition) is 12.